The fourth-order valence-corrected chi connectivity index (χ4v) is 4.38. The minimum absolute atomic E-state index is 0.0538. The second-order valence-electron chi connectivity index (χ2n) is 7.59. The molecule has 0 fully saturated rings. The van der Waals surface area contributed by atoms with Crippen LogP contribution >= 0.6 is 11.8 Å². The van der Waals surface area contributed by atoms with Gasteiger partial charge in [0.2, 0.25) is 5.91 Å². The highest BCUT2D eigenvalue weighted by atomic mass is 32.2. The Morgan fingerprint density at radius 2 is 1.69 bits per heavy atom. The predicted octanol–water partition coefficient (Wildman–Crippen LogP) is 5.52. The molecule has 2 unspecified atom stereocenters. The lowest BCUT2D eigenvalue weighted by Gasteiger charge is -2.21. The number of hydrogen-bond acceptors (Lipinski definition) is 6. The SMILES string of the molecule is CCC(Sc1nnc(C(C)Oc2ccccc2OC)n1C(C)C)C(=O)Nc1ccccc1. The van der Waals surface area contributed by atoms with Crippen LogP contribution in [0, 0.1) is 0 Å². The number of para-hydroxylation sites is 3. The van der Waals surface area contributed by atoms with Crippen molar-refractivity contribution < 1.29 is 14.3 Å². The van der Waals surface area contributed by atoms with E-state index in [1.165, 1.54) is 11.8 Å². The van der Waals surface area contributed by atoms with Crippen LogP contribution in [0.5, 0.6) is 11.5 Å². The van der Waals surface area contributed by atoms with Crippen LogP contribution < -0.4 is 14.8 Å². The first-order valence-electron chi connectivity index (χ1n) is 10.7. The second kappa shape index (κ2) is 11.0. The molecule has 0 saturated carbocycles. The van der Waals surface area contributed by atoms with E-state index in [1.807, 2.05) is 73.0 Å². The highest BCUT2D eigenvalue weighted by Gasteiger charge is 2.26. The molecule has 3 aromatic rings. The van der Waals surface area contributed by atoms with Gasteiger partial charge in [0.1, 0.15) is 0 Å². The van der Waals surface area contributed by atoms with Crippen LogP contribution in [0.3, 0.4) is 0 Å². The number of carbonyl (C=O) groups is 1. The van der Waals surface area contributed by atoms with Gasteiger partial charge in [-0.25, -0.2) is 0 Å². The van der Waals surface area contributed by atoms with E-state index in [9.17, 15) is 4.79 Å². The molecule has 1 N–H and O–H groups in total. The molecule has 7 nitrogen and oxygen atoms in total. The zero-order valence-electron chi connectivity index (χ0n) is 19.1. The molecule has 2 atom stereocenters. The minimum atomic E-state index is -0.353. The summed E-state index contributed by atoms with van der Waals surface area (Å²) in [4.78, 5) is 12.9. The van der Waals surface area contributed by atoms with Gasteiger partial charge < -0.3 is 19.4 Å². The maximum atomic E-state index is 12.9. The van der Waals surface area contributed by atoms with E-state index in [-0.39, 0.29) is 23.3 Å². The van der Waals surface area contributed by atoms with E-state index >= 15 is 0 Å². The van der Waals surface area contributed by atoms with Crippen LogP contribution in [0.4, 0.5) is 5.69 Å². The number of rotatable bonds is 10. The highest BCUT2D eigenvalue weighted by molar-refractivity contribution is 8.00. The summed E-state index contributed by atoms with van der Waals surface area (Å²) in [5, 5.41) is 12.2. The summed E-state index contributed by atoms with van der Waals surface area (Å²) in [6.07, 6.45) is 0.311. The van der Waals surface area contributed by atoms with Gasteiger partial charge in [0.05, 0.1) is 12.4 Å². The molecule has 0 saturated heterocycles. The molecule has 1 heterocycles. The summed E-state index contributed by atoms with van der Waals surface area (Å²) in [6.45, 7) is 8.06. The number of anilines is 1. The van der Waals surface area contributed by atoms with Crippen LogP contribution in [0.15, 0.2) is 59.8 Å². The number of carbonyl (C=O) groups excluding carboxylic acids is 1. The summed E-state index contributed by atoms with van der Waals surface area (Å²) in [6, 6.07) is 17.1. The molecule has 32 heavy (non-hydrogen) atoms. The van der Waals surface area contributed by atoms with Gasteiger partial charge in [-0.3, -0.25) is 4.79 Å². The van der Waals surface area contributed by atoms with Gasteiger partial charge in [0, 0.05) is 11.7 Å². The van der Waals surface area contributed by atoms with Gasteiger partial charge >= 0.3 is 0 Å². The second-order valence-corrected chi connectivity index (χ2v) is 8.76. The van der Waals surface area contributed by atoms with Crippen molar-refractivity contribution in [3.8, 4) is 11.5 Å². The number of amides is 1. The van der Waals surface area contributed by atoms with Gasteiger partial charge in [-0.15, -0.1) is 10.2 Å². The molecule has 0 spiro atoms. The summed E-state index contributed by atoms with van der Waals surface area (Å²) in [7, 11) is 1.61. The van der Waals surface area contributed by atoms with Crippen LogP contribution in [-0.4, -0.2) is 33.0 Å². The van der Waals surface area contributed by atoms with Crippen molar-refractivity contribution in [2.75, 3.05) is 12.4 Å². The molecule has 0 aliphatic carbocycles. The molecule has 1 amide bonds. The van der Waals surface area contributed by atoms with E-state index < -0.39 is 0 Å². The first-order chi connectivity index (χ1) is 15.4. The average Bonchev–Trinajstić information content (AvgIpc) is 3.22. The van der Waals surface area contributed by atoms with E-state index in [0.29, 0.717) is 28.9 Å². The molecule has 8 heteroatoms. The van der Waals surface area contributed by atoms with Crippen molar-refractivity contribution in [2.45, 2.75) is 56.7 Å². The minimum Gasteiger partial charge on any atom is -0.493 e. The van der Waals surface area contributed by atoms with E-state index in [2.05, 4.69) is 29.4 Å². The number of ether oxygens (including phenoxy) is 2. The van der Waals surface area contributed by atoms with Crippen molar-refractivity contribution >= 4 is 23.4 Å². The topological polar surface area (TPSA) is 78.3 Å². The quantitative estimate of drug-likeness (QED) is 0.407. The predicted molar refractivity (Wildman–Crippen MR) is 127 cm³/mol. The molecule has 1 aromatic heterocycles. The summed E-state index contributed by atoms with van der Waals surface area (Å²) in [5.41, 5.74) is 0.779. The Balaban J connectivity index is 1.79. The van der Waals surface area contributed by atoms with E-state index in [4.69, 9.17) is 9.47 Å². The standard InChI is InChI=1S/C24H30N4O3S/c1-6-21(23(29)25-18-12-8-7-9-13-18)32-24-27-26-22(28(24)16(2)3)17(4)31-20-15-11-10-14-19(20)30-5/h7-17,21H,6H2,1-5H3,(H,25,29). The monoisotopic (exact) mass is 454 g/mol. The molecular formula is C24H30N4O3S. The Bertz CT molecular complexity index is 1020. The number of aromatic nitrogens is 3. The van der Waals surface area contributed by atoms with Crippen molar-refractivity contribution in [3.63, 3.8) is 0 Å². The Morgan fingerprint density at radius 3 is 2.31 bits per heavy atom. The number of hydrogen-bond donors (Lipinski definition) is 1. The smallest absolute Gasteiger partial charge is 0.237 e. The first-order valence-corrected chi connectivity index (χ1v) is 11.6. The van der Waals surface area contributed by atoms with Crippen molar-refractivity contribution in [2.24, 2.45) is 0 Å². The van der Waals surface area contributed by atoms with Gasteiger partial charge in [-0.1, -0.05) is 49.0 Å². The van der Waals surface area contributed by atoms with E-state index in [1.54, 1.807) is 7.11 Å². The van der Waals surface area contributed by atoms with Gasteiger partial charge in [-0.2, -0.15) is 0 Å². The molecule has 2 aromatic carbocycles. The number of thioether (sulfide) groups is 1. The van der Waals surface area contributed by atoms with Gasteiger partial charge in [0.25, 0.3) is 0 Å². The van der Waals surface area contributed by atoms with Gasteiger partial charge in [0.15, 0.2) is 28.6 Å². The number of benzene rings is 2. The number of nitrogens with zero attached hydrogens (tertiary/aromatic N) is 3. The highest BCUT2D eigenvalue weighted by Crippen LogP contribution is 2.33. The lowest BCUT2D eigenvalue weighted by molar-refractivity contribution is -0.115. The Morgan fingerprint density at radius 1 is 1.03 bits per heavy atom. The maximum absolute atomic E-state index is 12.9. The Hall–Kier alpha value is -3.00. The van der Waals surface area contributed by atoms with E-state index in [0.717, 1.165) is 5.69 Å². The molecule has 170 valence electrons. The third kappa shape index (κ3) is 5.62. The van der Waals surface area contributed by atoms with Crippen molar-refractivity contribution in [3.05, 3.63) is 60.4 Å². The summed E-state index contributed by atoms with van der Waals surface area (Å²) >= 11 is 1.42. The Kier molecular flexibility index (Phi) is 8.16. The number of nitrogens with one attached hydrogen (secondary N) is 1. The fraction of sp³-hybridized carbons (Fsp3) is 0.375. The first kappa shape index (κ1) is 23.7. The van der Waals surface area contributed by atoms with Crippen LogP contribution in [-0.2, 0) is 4.79 Å². The molecule has 0 bridgehead atoms. The lowest BCUT2D eigenvalue weighted by Crippen LogP contribution is -2.25. The van der Waals surface area contributed by atoms with Crippen LogP contribution in [0.25, 0.3) is 0 Å². The molecular weight excluding hydrogens is 424 g/mol. The molecule has 0 aliphatic heterocycles. The molecule has 0 radical (unpaired) electrons. The molecule has 3 rings (SSSR count). The summed E-state index contributed by atoms with van der Waals surface area (Å²) in [5.74, 6) is 1.95. The lowest BCUT2D eigenvalue weighted by atomic mass is 10.3. The van der Waals surface area contributed by atoms with Gasteiger partial charge in [-0.05, 0) is 51.5 Å². The Labute approximate surface area is 193 Å². The maximum Gasteiger partial charge on any atom is 0.237 e. The van der Waals surface area contributed by atoms with Crippen molar-refractivity contribution in [1.29, 1.82) is 0 Å². The summed E-state index contributed by atoms with van der Waals surface area (Å²) < 4.78 is 13.6. The zero-order chi connectivity index (χ0) is 23.1. The number of methoxy groups -OCH3 is 1. The van der Waals surface area contributed by atoms with Crippen LogP contribution in [0.2, 0.25) is 0 Å². The normalized spacial score (nSPS) is 12.9. The largest absolute Gasteiger partial charge is 0.493 e. The molecule has 0 aliphatic rings. The average molecular weight is 455 g/mol. The third-order valence-corrected chi connectivity index (χ3v) is 6.22. The zero-order valence-corrected chi connectivity index (χ0v) is 19.9. The fourth-order valence-electron chi connectivity index (χ4n) is 3.28. The van der Waals surface area contributed by atoms with Crippen molar-refractivity contribution in [1.82, 2.24) is 14.8 Å². The third-order valence-electron chi connectivity index (χ3n) is 4.90. The van der Waals surface area contributed by atoms with Crippen LogP contribution in [0.1, 0.15) is 52.1 Å².